The van der Waals surface area contributed by atoms with E-state index in [0.717, 1.165) is 28.0 Å². The first-order chi connectivity index (χ1) is 12.6. The average Bonchev–Trinajstić information content (AvgIpc) is 3.29. The summed E-state index contributed by atoms with van der Waals surface area (Å²) < 4.78 is 1.69. The zero-order chi connectivity index (χ0) is 18.1. The first-order valence-corrected chi connectivity index (χ1v) is 8.44. The molecule has 1 aromatic carbocycles. The molecule has 1 amide bonds. The molecule has 0 bridgehead atoms. The third-order valence-electron chi connectivity index (χ3n) is 4.59. The van der Waals surface area contributed by atoms with E-state index in [4.69, 9.17) is 0 Å². The van der Waals surface area contributed by atoms with Crippen molar-refractivity contribution in [2.24, 2.45) is 0 Å². The van der Waals surface area contributed by atoms with Crippen LogP contribution in [-0.4, -0.2) is 25.7 Å². The van der Waals surface area contributed by atoms with E-state index in [-0.39, 0.29) is 5.91 Å². The lowest BCUT2D eigenvalue weighted by molar-refractivity contribution is 0.0952. The fraction of sp³-hybridized carbons (Fsp3) is 0.150. The van der Waals surface area contributed by atoms with Crippen LogP contribution >= 0.6 is 0 Å². The Balaban J connectivity index is 1.50. The lowest BCUT2D eigenvalue weighted by Crippen LogP contribution is -2.23. The van der Waals surface area contributed by atoms with Crippen molar-refractivity contribution in [3.63, 3.8) is 0 Å². The van der Waals surface area contributed by atoms with Crippen LogP contribution in [0, 0.1) is 13.8 Å². The number of nitrogens with zero attached hydrogens (tertiary/aromatic N) is 3. The Labute approximate surface area is 150 Å². The van der Waals surface area contributed by atoms with Crippen LogP contribution in [-0.2, 0) is 6.54 Å². The molecule has 0 unspecified atom stereocenters. The highest BCUT2D eigenvalue weighted by atomic mass is 16.1. The highest BCUT2D eigenvalue weighted by Crippen LogP contribution is 2.24. The summed E-state index contributed by atoms with van der Waals surface area (Å²) in [4.78, 5) is 20.3. The van der Waals surface area contributed by atoms with Crippen LogP contribution in [0.25, 0.3) is 16.7 Å². The molecule has 6 nitrogen and oxygen atoms in total. The van der Waals surface area contributed by atoms with Crippen LogP contribution in [0.4, 0.5) is 0 Å². The van der Waals surface area contributed by atoms with Crippen LogP contribution < -0.4 is 5.32 Å². The van der Waals surface area contributed by atoms with Gasteiger partial charge in [0.25, 0.3) is 5.91 Å². The van der Waals surface area contributed by atoms with Gasteiger partial charge in [0, 0.05) is 36.2 Å². The lowest BCUT2D eigenvalue weighted by atomic mass is 10.1. The number of hydrogen-bond acceptors (Lipinski definition) is 3. The van der Waals surface area contributed by atoms with Gasteiger partial charge in [-0.05, 0) is 43.2 Å². The predicted molar refractivity (Wildman–Crippen MR) is 100 cm³/mol. The summed E-state index contributed by atoms with van der Waals surface area (Å²) in [6.45, 7) is 4.49. The predicted octanol–water partition coefficient (Wildman–Crippen LogP) is 3.30. The normalized spacial score (nSPS) is 11.0. The molecule has 0 fully saturated rings. The summed E-state index contributed by atoms with van der Waals surface area (Å²) >= 11 is 0. The summed E-state index contributed by atoms with van der Waals surface area (Å²) in [6, 6.07) is 11.5. The van der Waals surface area contributed by atoms with Crippen LogP contribution in [0.15, 0.2) is 55.0 Å². The van der Waals surface area contributed by atoms with Gasteiger partial charge in [-0.15, -0.1) is 0 Å². The molecule has 4 rings (SSSR count). The SMILES string of the molecule is Cc1[nH]c2c(C(=O)NCc3ccc(-n4cccn4)nc3)cccc2c1C. The van der Waals surface area contributed by atoms with E-state index in [9.17, 15) is 4.79 Å². The van der Waals surface area contributed by atoms with E-state index in [1.807, 2.05) is 49.5 Å². The molecule has 0 aliphatic heterocycles. The fourth-order valence-electron chi connectivity index (χ4n) is 3.01. The van der Waals surface area contributed by atoms with E-state index in [0.29, 0.717) is 12.1 Å². The summed E-state index contributed by atoms with van der Waals surface area (Å²) in [5.41, 5.74) is 4.72. The molecule has 130 valence electrons. The van der Waals surface area contributed by atoms with Crippen molar-refractivity contribution < 1.29 is 4.79 Å². The maximum Gasteiger partial charge on any atom is 0.253 e. The minimum Gasteiger partial charge on any atom is -0.358 e. The lowest BCUT2D eigenvalue weighted by Gasteiger charge is -2.07. The Hall–Kier alpha value is -3.41. The third kappa shape index (κ3) is 2.86. The molecular formula is C20H19N5O. The van der Waals surface area contributed by atoms with Gasteiger partial charge >= 0.3 is 0 Å². The molecule has 4 aromatic rings. The van der Waals surface area contributed by atoms with Crippen molar-refractivity contribution in [3.8, 4) is 5.82 Å². The number of aromatic amines is 1. The van der Waals surface area contributed by atoms with E-state index < -0.39 is 0 Å². The molecule has 0 saturated carbocycles. The number of pyridine rings is 1. The average molecular weight is 345 g/mol. The van der Waals surface area contributed by atoms with Crippen LogP contribution in [0.5, 0.6) is 0 Å². The van der Waals surface area contributed by atoms with Gasteiger partial charge in [-0.3, -0.25) is 4.79 Å². The Morgan fingerprint density at radius 3 is 2.81 bits per heavy atom. The molecular weight excluding hydrogens is 326 g/mol. The van der Waals surface area contributed by atoms with E-state index in [2.05, 4.69) is 27.3 Å². The number of benzene rings is 1. The topological polar surface area (TPSA) is 75.6 Å². The summed E-state index contributed by atoms with van der Waals surface area (Å²) in [7, 11) is 0. The highest BCUT2D eigenvalue weighted by Gasteiger charge is 2.13. The van der Waals surface area contributed by atoms with Crippen molar-refractivity contribution >= 4 is 16.8 Å². The van der Waals surface area contributed by atoms with Gasteiger partial charge < -0.3 is 10.3 Å². The molecule has 0 radical (unpaired) electrons. The smallest absolute Gasteiger partial charge is 0.253 e. The maximum atomic E-state index is 12.6. The second kappa shape index (κ2) is 6.48. The quantitative estimate of drug-likeness (QED) is 0.596. The highest BCUT2D eigenvalue weighted by molar-refractivity contribution is 6.06. The van der Waals surface area contributed by atoms with E-state index in [1.54, 1.807) is 17.1 Å². The molecule has 26 heavy (non-hydrogen) atoms. The number of aromatic nitrogens is 4. The first kappa shape index (κ1) is 16.1. The van der Waals surface area contributed by atoms with Crippen LogP contribution in [0.3, 0.4) is 0 Å². The van der Waals surface area contributed by atoms with Gasteiger partial charge in [-0.1, -0.05) is 18.2 Å². The molecule has 3 aromatic heterocycles. The van der Waals surface area contributed by atoms with Gasteiger partial charge in [0.05, 0.1) is 11.1 Å². The molecule has 2 N–H and O–H groups in total. The molecule has 0 aliphatic carbocycles. The standard InChI is InChI=1S/C20H19N5O/c1-13-14(2)24-19-16(13)5-3-6-17(19)20(26)22-12-15-7-8-18(21-11-15)25-10-4-9-23-25/h3-11,24H,12H2,1-2H3,(H,22,26). The van der Waals surface area contributed by atoms with Crippen molar-refractivity contribution in [1.82, 2.24) is 25.1 Å². The molecule has 6 heteroatoms. The number of H-pyrrole nitrogens is 1. The maximum absolute atomic E-state index is 12.6. The number of fused-ring (bicyclic) bond motifs is 1. The summed E-state index contributed by atoms with van der Waals surface area (Å²) in [5.74, 6) is 0.639. The minimum atomic E-state index is -0.104. The fourth-order valence-corrected chi connectivity index (χ4v) is 3.01. The van der Waals surface area contributed by atoms with Gasteiger partial charge in [-0.2, -0.15) is 5.10 Å². The number of carbonyl (C=O) groups is 1. The molecule has 0 atom stereocenters. The minimum absolute atomic E-state index is 0.104. The zero-order valence-electron chi connectivity index (χ0n) is 14.7. The zero-order valence-corrected chi connectivity index (χ0v) is 14.7. The molecule has 0 saturated heterocycles. The number of amides is 1. The Bertz CT molecular complexity index is 1060. The van der Waals surface area contributed by atoms with Crippen molar-refractivity contribution in [2.75, 3.05) is 0 Å². The van der Waals surface area contributed by atoms with E-state index in [1.165, 1.54) is 5.56 Å². The third-order valence-corrected chi connectivity index (χ3v) is 4.59. The second-order valence-corrected chi connectivity index (χ2v) is 6.26. The molecule has 0 spiro atoms. The number of aryl methyl sites for hydroxylation is 2. The van der Waals surface area contributed by atoms with Crippen molar-refractivity contribution in [3.05, 3.63) is 77.4 Å². The second-order valence-electron chi connectivity index (χ2n) is 6.26. The molecule has 0 aliphatic rings. The number of para-hydroxylation sites is 1. The van der Waals surface area contributed by atoms with E-state index >= 15 is 0 Å². The monoisotopic (exact) mass is 345 g/mol. The number of rotatable bonds is 4. The number of nitrogens with one attached hydrogen (secondary N) is 2. The van der Waals surface area contributed by atoms with Gasteiger partial charge in [-0.25, -0.2) is 9.67 Å². The number of hydrogen-bond donors (Lipinski definition) is 2. The summed E-state index contributed by atoms with van der Waals surface area (Å²) in [6.07, 6.45) is 5.30. The van der Waals surface area contributed by atoms with Crippen LogP contribution in [0.1, 0.15) is 27.2 Å². The summed E-state index contributed by atoms with van der Waals surface area (Å²) in [5, 5.41) is 8.20. The van der Waals surface area contributed by atoms with Gasteiger partial charge in [0.15, 0.2) is 5.82 Å². The van der Waals surface area contributed by atoms with Crippen LogP contribution in [0.2, 0.25) is 0 Å². The van der Waals surface area contributed by atoms with Gasteiger partial charge in [0.1, 0.15) is 0 Å². The van der Waals surface area contributed by atoms with Crippen molar-refractivity contribution in [1.29, 1.82) is 0 Å². The first-order valence-electron chi connectivity index (χ1n) is 8.44. The Kier molecular flexibility index (Phi) is 4.01. The number of carbonyl (C=O) groups excluding carboxylic acids is 1. The van der Waals surface area contributed by atoms with Crippen molar-refractivity contribution in [2.45, 2.75) is 20.4 Å². The largest absolute Gasteiger partial charge is 0.358 e. The van der Waals surface area contributed by atoms with Gasteiger partial charge in [0.2, 0.25) is 0 Å². The Morgan fingerprint density at radius 1 is 1.19 bits per heavy atom. The molecule has 3 heterocycles. The Morgan fingerprint density at radius 2 is 2.08 bits per heavy atom.